The van der Waals surface area contributed by atoms with Crippen LogP contribution in [0, 0.1) is 11.3 Å². The van der Waals surface area contributed by atoms with E-state index in [2.05, 4.69) is 50.8 Å². The summed E-state index contributed by atoms with van der Waals surface area (Å²) < 4.78 is 28.7. The van der Waals surface area contributed by atoms with Crippen molar-refractivity contribution in [3.63, 3.8) is 0 Å². The molecule has 0 spiro atoms. The molecule has 0 amide bonds. The first-order chi connectivity index (χ1) is 13.8. The number of aliphatic imine (C=N–C) groups is 1. The molecule has 1 aromatic heterocycles. The number of fused-ring (bicyclic) bond motifs is 1. The molecule has 0 aromatic carbocycles. The Balaban J connectivity index is 1.46. The molecule has 0 unspecified atom stereocenters. The summed E-state index contributed by atoms with van der Waals surface area (Å²) in [6, 6.07) is 1.77. The van der Waals surface area contributed by atoms with Crippen molar-refractivity contribution in [2.75, 3.05) is 4.90 Å². The highest BCUT2D eigenvalue weighted by atomic mass is 127. The van der Waals surface area contributed by atoms with Crippen molar-refractivity contribution in [1.29, 1.82) is 5.41 Å². The molecule has 158 valence electrons. The fourth-order valence-electron chi connectivity index (χ4n) is 4.44. The number of halogens is 1. The molecular formula is C20H28IN5O2S. The van der Waals surface area contributed by atoms with E-state index in [9.17, 15) is 8.42 Å². The molecule has 7 nitrogen and oxygen atoms in total. The monoisotopic (exact) mass is 529 g/mol. The predicted molar refractivity (Wildman–Crippen MR) is 126 cm³/mol. The largest absolute Gasteiger partial charge is 0.345 e. The number of unbranched alkanes of at least 4 members (excludes halogenated alkanes) is 1. The van der Waals surface area contributed by atoms with Crippen LogP contribution in [0.15, 0.2) is 29.5 Å². The van der Waals surface area contributed by atoms with Crippen LogP contribution in [0.4, 0.5) is 11.5 Å². The number of H-pyrrole nitrogens is 1. The van der Waals surface area contributed by atoms with E-state index >= 15 is 0 Å². The number of sulfonamides is 1. The highest BCUT2D eigenvalue weighted by molar-refractivity contribution is 14.1. The van der Waals surface area contributed by atoms with Crippen LogP contribution in [0.25, 0.3) is 0 Å². The Bertz CT molecular complexity index is 950. The van der Waals surface area contributed by atoms with E-state index in [0.717, 1.165) is 44.2 Å². The van der Waals surface area contributed by atoms with Gasteiger partial charge in [-0.15, -0.1) is 0 Å². The van der Waals surface area contributed by atoms with Crippen LogP contribution in [-0.4, -0.2) is 40.2 Å². The Morgan fingerprint density at radius 2 is 2.24 bits per heavy atom. The highest BCUT2D eigenvalue weighted by Crippen LogP contribution is 2.48. The topological polar surface area (TPSA) is 101 Å². The number of hydrogen-bond donors (Lipinski definition) is 3. The number of rotatable bonds is 7. The minimum absolute atomic E-state index is 0.0416. The van der Waals surface area contributed by atoms with Crippen LogP contribution in [0.5, 0.6) is 0 Å². The molecule has 2 aliphatic carbocycles. The van der Waals surface area contributed by atoms with E-state index in [4.69, 9.17) is 5.41 Å². The second-order valence-corrected chi connectivity index (χ2v) is 12.1. The second-order valence-electron chi connectivity index (χ2n) is 8.38. The van der Waals surface area contributed by atoms with E-state index in [1.54, 1.807) is 12.4 Å². The molecule has 0 bridgehead atoms. The molecule has 0 saturated heterocycles. The Hall–Kier alpha value is -1.20. The van der Waals surface area contributed by atoms with Crippen molar-refractivity contribution in [3.05, 3.63) is 24.5 Å². The van der Waals surface area contributed by atoms with E-state index in [1.807, 2.05) is 11.0 Å². The summed E-state index contributed by atoms with van der Waals surface area (Å²) in [4.78, 5) is 9.23. The van der Waals surface area contributed by atoms with E-state index in [1.165, 1.54) is 0 Å². The molecule has 2 fully saturated rings. The van der Waals surface area contributed by atoms with Crippen molar-refractivity contribution in [2.24, 2.45) is 10.9 Å². The van der Waals surface area contributed by atoms with Gasteiger partial charge in [0.1, 0.15) is 5.84 Å². The predicted octanol–water partition coefficient (Wildman–Crippen LogP) is 4.25. The first-order valence-electron chi connectivity index (χ1n) is 10.2. The average molecular weight is 529 g/mol. The van der Waals surface area contributed by atoms with Gasteiger partial charge in [-0.1, -0.05) is 48.9 Å². The van der Waals surface area contributed by atoms with Gasteiger partial charge >= 0.3 is 0 Å². The summed E-state index contributed by atoms with van der Waals surface area (Å²) in [5.74, 6) is 1.13. The zero-order chi connectivity index (χ0) is 20.8. The minimum atomic E-state index is -3.33. The standard InChI is InChI=1S/C20H28IN5O2S/c1-3-4-6-20(7-8-20)29(27,28)25-14-10-15(16(21)11-14)18(22)26-13(2)12-24-19-17(26)5-9-23-19/h5,9,12,14-16,22-23,25H,2-4,6-8,10-11H2,1H3/t14-,15+,16-/m1/s1. The number of anilines is 1. The summed E-state index contributed by atoms with van der Waals surface area (Å²) in [5.41, 5.74) is 1.48. The smallest absolute Gasteiger partial charge is 0.217 e. The number of aromatic nitrogens is 1. The number of nitrogens with zero attached hydrogens (tertiary/aromatic N) is 2. The molecule has 3 N–H and O–H groups in total. The van der Waals surface area contributed by atoms with Crippen LogP contribution in [0.2, 0.25) is 0 Å². The Morgan fingerprint density at radius 3 is 2.93 bits per heavy atom. The summed E-state index contributed by atoms with van der Waals surface area (Å²) in [6.07, 6.45) is 9.10. The molecule has 2 heterocycles. The third-order valence-corrected chi connectivity index (χ3v) is 10.1. The summed E-state index contributed by atoms with van der Waals surface area (Å²) in [6.45, 7) is 6.14. The quantitative estimate of drug-likeness (QED) is 0.213. The van der Waals surface area contributed by atoms with Crippen molar-refractivity contribution in [3.8, 4) is 0 Å². The third kappa shape index (κ3) is 3.81. The first kappa shape index (κ1) is 21.0. The van der Waals surface area contributed by atoms with Gasteiger partial charge in [0.25, 0.3) is 0 Å². The van der Waals surface area contributed by atoms with Crippen molar-refractivity contribution in [2.45, 2.75) is 66.6 Å². The van der Waals surface area contributed by atoms with Crippen molar-refractivity contribution < 1.29 is 8.42 Å². The van der Waals surface area contributed by atoms with E-state index < -0.39 is 14.8 Å². The fraction of sp³-hybridized carbons (Fsp3) is 0.600. The number of alkyl halides is 1. The van der Waals surface area contributed by atoms with Crippen LogP contribution < -0.4 is 9.62 Å². The zero-order valence-electron chi connectivity index (χ0n) is 16.6. The molecule has 9 heteroatoms. The lowest BCUT2D eigenvalue weighted by atomic mass is 10.0. The fourth-order valence-corrected chi connectivity index (χ4v) is 7.62. The van der Waals surface area contributed by atoms with Gasteiger partial charge < -0.3 is 4.98 Å². The first-order valence-corrected chi connectivity index (χ1v) is 13.0. The zero-order valence-corrected chi connectivity index (χ0v) is 19.6. The van der Waals surface area contributed by atoms with Crippen LogP contribution in [0.3, 0.4) is 0 Å². The van der Waals surface area contributed by atoms with Gasteiger partial charge in [-0.05, 0) is 38.2 Å². The number of amidine groups is 1. The SMILES string of the molecule is C=C1C=Nc2[nH]ccc2N1C(=N)[C@H]1C[C@@H](NS(=O)(=O)C2(CCCC)CC2)C[C@H]1I. The number of aromatic amines is 1. The molecule has 2 saturated carbocycles. The number of nitrogens with one attached hydrogen (secondary N) is 3. The minimum Gasteiger partial charge on any atom is -0.345 e. The number of allylic oxidation sites excluding steroid dienone is 1. The van der Waals surface area contributed by atoms with Gasteiger partial charge in [-0.25, -0.2) is 18.1 Å². The highest BCUT2D eigenvalue weighted by Gasteiger charge is 2.54. The van der Waals surface area contributed by atoms with Gasteiger partial charge in [-0.3, -0.25) is 10.3 Å². The van der Waals surface area contributed by atoms with E-state index in [-0.39, 0.29) is 15.9 Å². The lowest BCUT2D eigenvalue weighted by molar-refractivity contribution is 0.520. The van der Waals surface area contributed by atoms with Gasteiger partial charge in [0.05, 0.1) is 22.3 Å². The molecule has 3 aliphatic rings. The normalized spacial score (nSPS) is 27.9. The molecule has 1 aromatic rings. The van der Waals surface area contributed by atoms with Gasteiger partial charge in [0.15, 0.2) is 5.82 Å². The molecule has 0 radical (unpaired) electrons. The number of hydrogen-bond acceptors (Lipinski definition) is 4. The molecule has 1 aliphatic heterocycles. The van der Waals surface area contributed by atoms with Crippen LogP contribution in [-0.2, 0) is 10.0 Å². The van der Waals surface area contributed by atoms with Crippen molar-refractivity contribution in [1.82, 2.24) is 9.71 Å². The summed E-state index contributed by atoms with van der Waals surface area (Å²) in [5, 5.41) is 8.87. The Morgan fingerprint density at radius 1 is 1.48 bits per heavy atom. The van der Waals surface area contributed by atoms with Gasteiger partial charge in [0.2, 0.25) is 10.0 Å². The van der Waals surface area contributed by atoms with Gasteiger partial charge in [0, 0.05) is 22.1 Å². The van der Waals surface area contributed by atoms with Crippen LogP contribution >= 0.6 is 22.6 Å². The van der Waals surface area contributed by atoms with Gasteiger partial charge in [-0.2, -0.15) is 0 Å². The lowest BCUT2D eigenvalue weighted by Gasteiger charge is -2.31. The average Bonchev–Trinajstić information content (AvgIpc) is 3.19. The Kier molecular flexibility index (Phi) is 5.67. The van der Waals surface area contributed by atoms with E-state index in [0.29, 0.717) is 23.8 Å². The second kappa shape index (κ2) is 7.81. The third-order valence-electron chi connectivity index (χ3n) is 6.34. The molecular weight excluding hydrogens is 501 g/mol. The maximum atomic E-state index is 13.0. The maximum Gasteiger partial charge on any atom is 0.217 e. The summed E-state index contributed by atoms with van der Waals surface area (Å²) in [7, 11) is -3.33. The van der Waals surface area contributed by atoms with Crippen LogP contribution in [0.1, 0.15) is 51.9 Å². The summed E-state index contributed by atoms with van der Waals surface area (Å²) >= 11 is 2.36. The molecule has 3 atom stereocenters. The maximum absolute atomic E-state index is 13.0. The molecule has 29 heavy (non-hydrogen) atoms. The van der Waals surface area contributed by atoms with Crippen molar-refractivity contribution >= 4 is 56.2 Å². The molecule has 4 rings (SSSR count). The lowest BCUT2D eigenvalue weighted by Crippen LogP contribution is -2.42. The Labute approximate surface area is 186 Å².